The molecule has 0 aliphatic carbocycles. The van der Waals surface area contributed by atoms with Crippen molar-refractivity contribution in [2.45, 2.75) is 10.1 Å². The number of hydrogen-bond acceptors (Lipinski definition) is 4. The lowest BCUT2D eigenvalue weighted by atomic mass is 10.3. The molecule has 5 nitrogen and oxygen atoms in total. The van der Waals surface area contributed by atoms with Crippen molar-refractivity contribution >= 4 is 21.4 Å². The van der Waals surface area contributed by atoms with Gasteiger partial charge in [-0.25, -0.2) is 8.42 Å². The highest BCUT2D eigenvalue weighted by atomic mass is 32.2. The molecule has 0 fully saturated rings. The van der Waals surface area contributed by atoms with E-state index in [4.69, 9.17) is 5.73 Å². The van der Waals surface area contributed by atoms with Crippen molar-refractivity contribution in [1.82, 2.24) is 0 Å². The molecule has 0 aromatic heterocycles. The predicted octanol–water partition coefficient (Wildman–Crippen LogP) is -0.260. The third kappa shape index (κ3) is 1.42. The van der Waals surface area contributed by atoms with E-state index in [0.29, 0.717) is 5.69 Å². The van der Waals surface area contributed by atoms with Crippen LogP contribution in [-0.4, -0.2) is 26.1 Å². The van der Waals surface area contributed by atoms with E-state index >= 15 is 0 Å². The van der Waals surface area contributed by atoms with Gasteiger partial charge in [-0.3, -0.25) is 4.79 Å². The molecule has 1 aromatic carbocycles. The van der Waals surface area contributed by atoms with E-state index in [9.17, 15) is 13.2 Å². The number of para-hydroxylation sites is 1. The van der Waals surface area contributed by atoms with Crippen molar-refractivity contribution in [3.05, 3.63) is 24.3 Å². The Morgan fingerprint density at radius 2 is 2.00 bits per heavy atom. The van der Waals surface area contributed by atoms with Gasteiger partial charge in [0.15, 0.2) is 15.1 Å². The van der Waals surface area contributed by atoms with Crippen molar-refractivity contribution < 1.29 is 13.2 Å². The van der Waals surface area contributed by atoms with Gasteiger partial charge >= 0.3 is 0 Å². The maximum atomic E-state index is 11.9. The maximum Gasteiger partial charge on any atom is 0.244 e. The Bertz CT molecular complexity index is 510. The van der Waals surface area contributed by atoms with E-state index in [1.807, 2.05) is 0 Å². The monoisotopic (exact) mass is 226 g/mol. The second kappa shape index (κ2) is 3.32. The molecule has 0 spiro atoms. The summed E-state index contributed by atoms with van der Waals surface area (Å²) in [6.45, 7) is -0.206. The summed E-state index contributed by atoms with van der Waals surface area (Å²) in [4.78, 5) is 11.6. The van der Waals surface area contributed by atoms with Crippen LogP contribution in [0.25, 0.3) is 0 Å². The van der Waals surface area contributed by atoms with Crippen molar-refractivity contribution in [1.29, 1.82) is 0 Å². The molecule has 1 aliphatic rings. The van der Waals surface area contributed by atoms with Crippen LogP contribution in [0.4, 0.5) is 5.69 Å². The Hall–Kier alpha value is -1.40. The smallest absolute Gasteiger partial charge is 0.244 e. The SMILES string of the molecule is NCC1C(=O)Nc2ccccc2S1(=O)=O. The lowest BCUT2D eigenvalue weighted by Crippen LogP contribution is -2.44. The largest absolute Gasteiger partial charge is 0.329 e. The van der Waals surface area contributed by atoms with Gasteiger partial charge in [0, 0.05) is 6.54 Å². The van der Waals surface area contributed by atoms with E-state index < -0.39 is 21.0 Å². The topological polar surface area (TPSA) is 89.3 Å². The zero-order valence-corrected chi connectivity index (χ0v) is 8.62. The molecule has 1 aliphatic heterocycles. The van der Waals surface area contributed by atoms with Crippen LogP contribution in [0.3, 0.4) is 0 Å². The van der Waals surface area contributed by atoms with Crippen LogP contribution >= 0.6 is 0 Å². The van der Waals surface area contributed by atoms with Gasteiger partial charge in [-0.1, -0.05) is 12.1 Å². The molecular weight excluding hydrogens is 216 g/mol. The number of nitrogens with two attached hydrogens (primary N) is 1. The second-order valence-corrected chi connectivity index (χ2v) is 5.35. The Labute approximate surface area is 87.2 Å². The van der Waals surface area contributed by atoms with Crippen LogP contribution in [0.2, 0.25) is 0 Å². The van der Waals surface area contributed by atoms with Crippen LogP contribution in [0.5, 0.6) is 0 Å². The van der Waals surface area contributed by atoms with Gasteiger partial charge < -0.3 is 11.1 Å². The molecule has 1 atom stereocenters. The fourth-order valence-corrected chi connectivity index (χ4v) is 3.15. The number of benzene rings is 1. The molecule has 80 valence electrons. The number of rotatable bonds is 1. The summed E-state index contributed by atoms with van der Waals surface area (Å²) in [6.07, 6.45) is 0. The third-order valence-corrected chi connectivity index (χ3v) is 4.46. The van der Waals surface area contributed by atoms with Crippen molar-refractivity contribution in [3.63, 3.8) is 0 Å². The lowest BCUT2D eigenvalue weighted by Gasteiger charge is -2.23. The fraction of sp³-hybridized carbons (Fsp3) is 0.222. The standard InChI is InChI=1S/C9H10N2O3S/c10-5-8-9(12)11-6-3-1-2-4-7(6)15(8,13)14/h1-4,8H,5,10H2,(H,11,12). The predicted molar refractivity (Wildman–Crippen MR) is 55.1 cm³/mol. The normalized spacial score (nSPS) is 23.0. The number of carbonyl (C=O) groups is 1. The molecular formula is C9H10N2O3S. The van der Waals surface area contributed by atoms with Gasteiger partial charge in [-0.15, -0.1) is 0 Å². The first-order valence-corrected chi connectivity index (χ1v) is 5.96. The molecule has 1 heterocycles. The summed E-state index contributed by atoms with van der Waals surface area (Å²) >= 11 is 0. The molecule has 3 N–H and O–H groups in total. The van der Waals surface area contributed by atoms with Crippen molar-refractivity contribution in [2.75, 3.05) is 11.9 Å². The average molecular weight is 226 g/mol. The number of hydrogen-bond donors (Lipinski definition) is 2. The molecule has 15 heavy (non-hydrogen) atoms. The summed E-state index contributed by atoms with van der Waals surface area (Å²) in [6, 6.07) is 6.29. The highest BCUT2D eigenvalue weighted by molar-refractivity contribution is 7.93. The van der Waals surface area contributed by atoms with Crippen LogP contribution in [0.15, 0.2) is 29.2 Å². The Morgan fingerprint density at radius 3 is 2.67 bits per heavy atom. The van der Waals surface area contributed by atoms with Crippen LogP contribution in [0, 0.1) is 0 Å². The van der Waals surface area contributed by atoms with E-state index in [0.717, 1.165) is 0 Å². The first kappa shape index (κ1) is 10.1. The summed E-state index contributed by atoms with van der Waals surface area (Å²) in [5.41, 5.74) is 5.61. The second-order valence-electron chi connectivity index (χ2n) is 3.25. The number of sulfone groups is 1. The minimum absolute atomic E-state index is 0.139. The molecule has 0 radical (unpaired) electrons. The molecule has 0 saturated carbocycles. The zero-order valence-electron chi connectivity index (χ0n) is 7.80. The molecule has 0 saturated heterocycles. The zero-order chi connectivity index (χ0) is 11.1. The van der Waals surface area contributed by atoms with Gasteiger partial charge in [0.25, 0.3) is 0 Å². The van der Waals surface area contributed by atoms with Gasteiger partial charge in [0.2, 0.25) is 5.91 Å². The van der Waals surface area contributed by atoms with E-state index in [1.165, 1.54) is 6.07 Å². The number of fused-ring (bicyclic) bond motifs is 1. The molecule has 1 amide bonds. The van der Waals surface area contributed by atoms with E-state index in [-0.39, 0.29) is 11.4 Å². The minimum atomic E-state index is -3.62. The summed E-state index contributed by atoms with van der Waals surface area (Å²) in [7, 11) is -3.62. The van der Waals surface area contributed by atoms with Crippen molar-refractivity contribution in [3.8, 4) is 0 Å². The summed E-state index contributed by atoms with van der Waals surface area (Å²) < 4.78 is 23.8. The third-order valence-electron chi connectivity index (χ3n) is 2.33. The van der Waals surface area contributed by atoms with Gasteiger partial charge in [-0.05, 0) is 12.1 Å². The molecule has 0 bridgehead atoms. The number of carbonyl (C=O) groups excluding carboxylic acids is 1. The molecule has 2 rings (SSSR count). The summed E-state index contributed by atoms with van der Waals surface area (Å²) in [5.74, 6) is -0.559. The first-order valence-electron chi connectivity index (χ1n) is 4.41. The molecule has 6 heteroatoms. The quantitative estimate of drug-likeness (QED) is 0.690. The van der Waals surface area contributed by atoms with E-state index in [2.05, 4.69) is 5.32 Å². The summed E-state index contributed by atoms with van der Waals surface area (Å²) in [5, 5.41) is 1.34. The minimum Gasteiger partial charge on any atom is -0.329 e. The Balaban J connectivity index is 2.66. The number of anilines is 1. The highest BCUT2D eigenvalue weighted by Crippen LogP contribution is 2.29. The molecule has 1 aromatic rings. The fourth-order valence-electron chi connectivity index (χ4n) is 1.56. The molecule has 1 unspecified atom stereocenters. The van der Waals surface area contributed by atoms with Crippen LogP contribution in [0.1, 0.15) is 0 Å². The van der Waals surface area contributed by atoms with E-state index in [1.54, 1.807) is 18.2 Å². The average Bonchev–Trinajstić information content (AvgIpc) is 2.17. The highest BCUT2D eigenvalue weighted by Gasteiger charge is 2.38. The number of nitrogens with one attached hydrogen (secondary N) is 1. The van der Waals surface area contributed by atoms with Gasteiger partial charge in [0.1, 0.15) is 0 Å². The Kier molecular flexibility index (Phi) is 2.24. The van der Waals surface area contributed by atoms with Gasteiger partial charge in [-0.2, -0.15) is 0 Å². The Morgan fingerprint density at radius 1 is 1.33 bits per heavy atom. The lowest BCUT2D eigenvalue weighted by molar-refractivity contribution is -0.115. The van der Waals surface area contributed by atoms with Crippen LogP contribution < -0.4 is 11.1 Å². The van der Waals surface area contributed by atoms with Crippen LogP contribution in [-0.2, 0) is 14.6 Å². The van der Waals surface area contributed by atoms with Crippen molar-refractivity contribution in [2.24, 2.45) is 5.73 Å². The maximum absolute atomic E-state index is 11.9. The van der Waals surface area contributed by atoms with Gasteiger partial charge in [0.05, 0.1) is 10.6 Å². The number of amides is 1. The first-order chi connectivity index (χ1) is 7.07.